The van der Waals surface area contributed by atoms with Crippen LogP contribution in [0.15, 0.2) is 24.4 Å². The van der Waals surface area contributed by atoms with Gasteiger partial charge in [-0.15, -0.1) is 0 Å². The van der Waals surface area contributed by atoms with E-state index in [2.05, 4.69) is 10.3 Å². The van der Waals surface area contributed by atoms with E-state index >= 15 is 0 Å². The molecule has 0 bridgehead atoms. The Balaban J connectivity index is 2.78. The molecule has 0 saturated carbocycles. The molecule has 0 aliphatic rings. The lowest BCUT2D eigenvalue weighted by Crippen LogP contribution is -2.61. The summed E-state index contributed by atoms with van der Waals surface area (Å²) in [6.45, 7) is 2.17. The summed E-state index contributed by atoms with van der Waals surface area (Å²) >= 11 is 0. The maximum atomic E-state index is 12.5. The Morgan fingerprint density at radius 1 is 1.44 bits per heavy atom. The van der Waals surface area contributed by atoms with Crippen LogP contribution in [0.25, 0.3) is 0 Å². The number of pyridine rings is 1. The highest BCUT2D eigenvalue weighted by Crippen LogP contribution is 2.28. The number of nitrogens with one attached hydrogen (secondary N) is 1. The predicted octanol–water partition coefficient (Wildman–Crippen LogP) is 1.54. The molecule has 18 heavy (non-hydrogen) atoms. The van der Waals surface area contributed by atoms with Crippen LogP contribution in [-0.4, -0.2) is 22.6 Å². The van der Waals surface area contributed by atoms with Crippen molar-refractivity contribution in [3.63, 3.8) is 0 Å². The highest BCUT2D eigenvalue weighted by Gasteiger charge is 2.54. The van der Waals surface area contributed by atoms with Crippen LogP contribution in [0.5, 0.6) is 0 Å². The lowest BCUT2D eigenvalue weighted by atomic mass is 10.0. The Bertz CT molecular complexity index is 417. The number of aromatic nitrogens is 1. The van der Waals surface area contributed by atoms with Crippen molar-refractivity contribution in [1.29, 1.82) is 0 Å². The fourth-order valence-electron chi connectivity index (χ4n) is 1.18. The number of nitrogens with two attached hydrogens (primary N) is 1. The number of nitrogens with zero attached hydrogens (tertiary/aromatic N) is 1. The maximum Gasteiger partial charge on any atom is 0.415 e. The van der Waals surface area contributed by atoms with E-state index in [0.717, 1.165) is 0 Å². The zero-order valence-electron chi connectivity index (χ0n) is 9.95. The topological polar surface area (TPSA) is 68.0 Å². The molecule has 3 N–H and O–H groups in total. The first-order valence-electron chi connectivity index (χ1n) is 5.23. The van der Waals surface area contributed by atoms with Gasteiger partial charge in [0, 0.05) is 6.20 Å². The lowest BCUT2D eigenvalue weighted by molar-refractivity contribution is -0.187. The molecule has 0 radical (unpaired) electrons. The Morgan fingerprint density at radius 2 is 2.06 bits per heavy atom. The van der Waals surface area contributed by atoms with Crippen molar-refractivity contribution in [3.05, 3.63) is 30.1 Å². The first-order valence-corrected chi connectivity index (χ1v) is 5.23. The van der Waals surface area contributed by atoms with E-state index in [9.17, 15) is 18.0 Å². The van der Waals surface area contributed by atoms with Gasteiger partial charge in [-0.1, -0.05) is 6.07 Å². The van der Waals surface area contributed by atoms with Gasteiger partial charge in [-0.3, -0.25) is 9.78 Å². The van der Waals surface area contributed by atoms with Gasteiger partial charge in [0.25, 0.3) is 0 Å². The van der Waals surface area contributed by atoms with Gasteiger partial charge in [-0.2, -0.15) is 13.2 Å². The molecule has 1 aromatic rings. The molecule has 7 heteroatoms. The highest BCUT2D eigenvalue weighted by molar-refractivity contribution is 5.86. The molecule has 2 atom stereocenters. The second-order valence-electron chi connectivity index (χ2n) is 4.15. The summed E-state index contributed by atoms with van der Waals surface area (Å²) in [4.78, 5) is 15.5. The third-order valence-electron chi connectivity index (χ3n) is 2.54. The van der Waals surface area contributed by atoms with Crippen LogP contribution in [0.4, 0.5) is 13.2 Å². The van der Waals surface area contributed by atoms with Gasteiger partial charge < -0.3 is 11.1 Å². The van der Waals surface area contributed by atoms with Gasteiger partial charge in [-0.05, 0) is 26.0 Å². The van der Waals surface area contributed by atoms with Gasteiger partial charge in [0.05, 0.1) is 11.7 Å². The number of carbonyl (C=O) groups is 1. The van der Waals surface area contributed by atoms with Crippen LogP contribution in [0.1, 0.15) is 25.6 Å². The second-order valence-corrected chi connectivity index (χ2v) is 4.15. The number of carbonyl (C=O) groups excluding carboxylic acids is 1. The van der Waals surface area contributed by atoms with E-state index in [1.807, 2.05) is 0 Å². The summed E-state index contributed by atoms with van der Waals surface area (Å²) in [5.41, 5.74) is 2.55. The Labute approximate surface area is 102 Å². The Kier molecular flexibility index (Phi) is 3.95. The van der Waals surface area contributed by atoms with E-state index in [1.165, 1.54) is 13.1 Å². The SMILES string of the molecule is C[C@H](NC(=O)C(C)(N)C(F)(F)F)c1ccccn1. The molecule has 1 unspecified atom stereocenters. The van der Waals surface area contributed by atoms with E-state index < -0.39 is 23.7 Å². The molecule has 0 aliphatic carbocycles. The molecule has 0 spiro atoms. The number of hydrogen-bond acceptors (Lipinski definition) is 3. The molecule has 0 fully saturated rings. The summed E-state index contributed by atoms with van der Waals surface area (Å²) in [7, 11) is 0. The van der Waals surface area contributed by atoms with Crippen LogP contribution in [0, 0.1) is 0 Å². The minimum atomic E-state index is -4.80. The summed E-state index contributed by atoms with van der Waals surface area (Å²) < 4.78 is 37.6. The van der Waals surface area contributed by atoms with Crippen molar-refractivity contribution in [2.75, 3.05) is 0 Å². The molecular weight excluding hydrogens is 247 g/mol. The van der Waals surface area contributed by atoms with E-state index in [0.29, 0.717) is 12.6 Å². The molecule has 0 aromatic carbocycles. The Hall–Kier alpha value is -1.63. The third kappa shape index (κ3) is 2.98. The lowest BCUT2D eigenvalue weighted by Gasteiger charge is -2.27. The van der Waals surface area contributed by atoms with Gasteiger partial charge >= 0.3 is 6.18 Å². The number of hydrogen-bond donors (Lipinski definition) is 2. The molecule has 100 valence electrons. The van der Waals surface area contributed by atoms with Crippen molar-refractivity contribution in [2.24, 2.45) is 5.73 Å². The van der Waals surface area contributed by atoms with Crippen LogP contribution in [-0.2, 0) is 4.79 Å². The number of alkyl halides is 3. The fourth-order valence-corrected chi connectivity index (χ4v) is 1.18. The number of rotatable bonds is 3. The highest BCUT2D eigenvalue weighted by atomic mass is 19.4. The first-order chi connectivity index (χ1) is 8.16. The minimum absolute atomic E-state index is 0.462. The molecule has 0 aliphatic heterocycles. The van der Waals surface area contributed by atoms with E-state index in [4.69, 9.17) is 5.73 Å². The number of amides is 1. The monoisotopic (exact) mass is 261 g/mol. The molecule has 1 rings (SSSR count). The molecule has 1 aromatic heterocycles. The van der Waals surface area contributed by atoms with Crippen molar-refractivity contribution in [2.45, 2.75) is 31.6 Å². The van der Waals surface area contributed by atoms with Crippen LogP contribution in [0.2, 0.25) is 0 Å². The minimum Gasteiger partial charge on any atom is -0.346 e. The largest absolute Gasteiger partial charge is 0.415 e. The molecule has 1 amide bonds. The average molecular weight is 261 g/mol. The van der Waals surface area contributed by atoms with Gasteiger partial charge in [0.15, 0.2) is 5.54 Å². The van der Waals surface area contributed by atoms with Crippen molar-refractivity contribution >= 4 is 5.91 Å². The van der Waals surface area contributed by atoms with Crippen LogP contribution < -0.4 is 11.1 Å². The van der Waals surface area contributed by atoms with Crippen LogP contribution >= 0.6 is 0 Å². The smallest absolute Gasteiger partial charge is 0.346 e. The summed E-state index contributed by atoms with van der Waals surface area (Å²) in [5, 5.41) is 2.20. The zero-order chi connectivity index (χ0) is 14.0. The molecule has 0 saturated heterocycles. The summed E-state index contributed by atoms with van der Waals surface area (Å²) in [6.07, 6.45) is -3.32. The second kappa shape index (κ2) is 4.93. The molecule has 1 heterocycles. The standard InChI is InChI=1S/C11H14F3N3O/c1-7(8-5-3-4-6-16-8)17-9(18)10(2,15)11(12,13)14/h3-7H,15H2,1-2H3,(H,17,18)/t7-,10?/m0/s1. The van der Waals surface area contributed by atoms with Crippen LogP contribution in [0.3, 0.4) is 0 Å². The first kappa shape index (κ1) is 14.4. The quantitative estimate of drug-likeness (QED) is 0.867. The molecule has 4 nitrogen and oxygen atoms in total. The number of halogens is 3. The van der Waals surface area contributed by atoms with Crippen molar-refractivity contribution < 1.29 is 18.0 Å². The summed E-state index contributed by atoms with van der Waals surface area (Å²) in [6, 6.07) is 4.30. The Morgan fingerprint density at radius 3 is 2.50 bits per heavy atom. The average Bonchev–Trinajstić information content (AvgIpc) is 2.28. The van der Waals surface area contributed by atoms with Gasteiger partial charge in [0.2, 0.25) is 5.91 Å². The third-order valence-corrected chi connectivity index (χ3v) is 2.54. The van der Waals surface area contributed by atoms with Gasteiger partial charge in [0.1, 0.15) is 0 Å². The van der Waals surface area contributed by atoms with Crippen molar-refractivity contribution in [3.8, 4) is 0 Å². The van der Waals surface area contributed by atoms with Gasteiger partial charge in [-0.25, -0.2) is 0 Å². The zero-order valence-corrected chi connectivity index (χ0v) is 9.95. The predicted molar refractivity (Wildman–Crippen MR) is 59.4 cm³/mol. The maximum absolute atomic E-state index is 12.5. The van der Waals surface area contributed by atoms with E-state index in [1.54, 1.807) is 18.2 Å². The normalized spacial score (nSPS) is 16.8. The molecular formula is C11H14F3N3O. The summed E-state index contributed by atoms with van der Waals surface area (Å²) in [5.74, 6) is -1.28. The van der Waals surface area contributed by atoms with Crippen molar-refractivity contribution in [1.82, 2.24) is 10.3 Å². The fraction of sp³-hybridized carbons (Fsp3) is 0.455. The van der Waals surface area contributed by atoms with E-state index in [-0.39, 0.29) is 0 Å².